The van der Waals surface area contributed by atoms with Crippen molar-refractivity contribution in [3.63, 3.8) is 0 Å². The van der Waals surface area contributed by atoms with Crippen molar-refractivity contribution in [2.24, 2.45) is 23.1 Å². The number of nitrogens with two attached hydrogens (primary N) is 3. The van der Waals surface area contributed by atoms with Crippen molar-refractivity contribution in [2.45, 2.75) is 18.1 Å². The van der Waals surface area contributed by atoms with Crippen LogP contribution >= 0.6 is 0 Å². The minimum atomic E-state index is -0.313. The summed E-state index contributed by atoms with van der Waals surface area (Å²) in [5.41, 5.74) is 18.3. The molecule has 3 heteroatoms. The summed E-state index contributed by atoms with van der Waals surface area (Å²) in [6.07, 6.45) is 4.88. The molecular weight excluding hydrogens is 186 g/mol. The molecule has 0 heterocycles. The highest BCUT2D eigenvalue weighted by molar-refractivity contribution is 5.23. The van der Waals surface area contributed by atoms with Crippen LogP contribution in [0.15, 0.2) is 50.1 Å². The molecule has 3 nitrogen and oxygen atoms in total. The predicted molar refractivity (Wildman–Crippen MR) is 67.1 cm³/mol. The lowest BCUT2D eigenvalue weighted by atomic mass is 9.83. The lowest BCUT2D eigenvalue weighted by molar-refractivity contribution is 0.478. The molecule has 0 aliphatic carbocycles. The fourth-order valence-corrected chi connectivity index (χ4v) is 1.42. The summed E-state index contributed by atoms with van der Waals surface area (Å²) < 4.78 is 0. The first-order valence-electron chi connectivity index (χ1n) is 4.82. The molecule has 0 spiro atoms. The van der Waals surface area contributed by atoms with Crippen molar-refractivity contribution >= 4 is 0 Å². The summed E-state index contributed by atoms with van der Waals surface area (Å²) in [5, 5.41) is 0. The second-order valence-corrected chi connectivity index (χ2v) is 3.49. The molecule has 0 rings (SSSR count). The highest BCUT2D eigenvalue weighted by Gasteiger charge is 2.25. The molecular formula is C12H21N3. The molecule has 0 saturated heterocycles. The van der Waals surface area contributed by atoms with Gasteiger partial charge < -0.3 is 17.2 Å². The Morgan fingerprint density at radius 1 is 0.867 bits per heavy atom. The van der Waals surface area contributed by atoms with Gasteiger partial charge in [0.25, 0.3) is 0 Å². The third-order valence-corrected chi connectivity index (χ3v) is 2.48. The largest absolute Gasteiger partial charge is 0.324 e. The topological polar surface area (TPSA) is 78.1 Å². The standard InChI is InChI=1S/C12H21N3/c1-5-9(13)8(4)12(10(14)6-2)11(15)7-3/h5-7,9-12H,1-4,13-15H2. The summed E-state index contributed by atoms with van der Waals surface area (Å²) in [7, 11) is 0. The van der Waals surface area contributed by atoms with Gasteiger partial charge in [0.05, 0.1) is 0 Å². The van der Waals surface area contributed by atoms with E-state index in [2.05, 4.69) is 26.3 Å². The predicted octanol–water partition coefficient (Wildman–Crippen LogP) is 0.699. The Morgan fingerprint density at radius 2 is 1.27 bits per heavy atom. The van der Waals surface area contributed by atoms with Crippen LogP contribution in [0.2, 0.25) is 0 Å². The third-order valence-electron chi connectivity index (χ3n) is 2.48. The van der Waals surface area contributed by atoms with E-state index >= 15 is 0 Å². The zero-order valence-electron chi connectivity index (χ0n) is 9.10. The molecule has 0 fully saturated rings. The van der Waals surface area contributed by atoms with E-state index in [4.69, 9.17) is 17.2 Å². The van der Waals surface area contributed by atoms with E-state index < -0.39 is 0 Å². The Hall–Kier alpha value is -1.16. The molecule has 3 unspecified atom stereocenters. The lowest BCUT2D eigenvalue weighted by Crippen LogP contribution is -2.44. The summed E-state index contributed by atoms with van der Waals surface area (Å²) in [5.74, 6) is -0.159. The van der Waals surface area contributed by atoms with Gasteiger partial charge >= 0.3 is 0 Å². The Kier molecular flexibility index (Phi) is 5.86. The van der Waals surface area contributed by atoms with Crippen LogP contribution < -0.4 is 17.2 Å². The minimum absolute atomic E-state index is 0.159. The van der Waals surface area contributed by atoms with Gasteiger partial charge in [0.1, 0.15) is 0 Å². The number of hydrogen-bond donors (Lipinski definition) is 3. The van der Waals surface area contributed by atoms with E-state index in [1.54, 1.807) is 18.2 Å². The first-order chi connectivity index (χ1) is 6.99. The van der Waals surface area contributed by atoms with Gasteiger partial charge in [-0.25, -0.2) is 0 Å². The molecule has 0 radical (unpaired) electrons. The van der Waals surface area contributed by atoms with E-state index in [1.165, 1.54) is 0 Å². The Balaban J connectivity index is 4.92. The molecule has 0 aromatic rings. The molecule has 6 N–H and O–H groups in total. The quantitative estimate of drug-likeness (QED) is 0.538. The van der Waals surface area contributed by atoms with Crippen LogP contribution in [0.1, 0.15) is 0 Å². The molecule has 0 aliphatic rings. The van der Waals surface area contributed by atoms with E-state index in [-0.39, 0.29) is 24.0 Å². The van der Waals surface area contributed by atoms with Crippen molar-refractivity contribution in [1.29, 1.82) is 0 Å². The maximum atomic E-state index is 5.89. The van der Waals surface area contributed by atoms with Gasteiger partial charge in [-0.15, -0.1) is 19.7 Å². The Morgan fingerprint density at radius 3 is 1.53 bits per heavy atom. The zero-order chi connectivity index (χ0) is 12.0. The SMILES string of the molecule is C=CC(N)C(=C)C(C(N)C=C)C(N)C=C. The van der Waals surface area contributed by atoms with Gasteiger partial charge in [-0.05, 0) is 0 Å². The van der Waals surface area contributed by atoms with Crippen molar-refractivity contribution in [3.8, 4) is 0 Å². The second kappa shape index (κ2) is 6.35. The summed E-state index contributed by atoms with van der Waals surface area (Å²) in [6, 6.07) is -0.875. The summed E-state index contributed by atoms with van der Waals surface area (Å²) in [4.78, 5) is 0. The minimum Gasteiger partial charge on any atom is -0.324 e. The van der Waals surface area contributed by atoms with Crippen molar-refractivity contribution < 1.29 is 0 Å². The van der Waals surface area contributed by atoms with Crippen LogP contribution in [0.3, 0.4) is 0 Å². The first-order valence-corrected chi connectivity index (χ1v) is 4.82. The smallest absolute Gasteiger partial charge is 0.0439 e. The molecule has 0 bridgehead atoms. The maximum absolute atomic E-state index is 5.89. The molecule has 3 atom stereocenters. The Labute approximate surface area is 92.0 Å². The molecule has 15 heavy (non-hydrogen) atoms. The van der Waals surface area contributed by atoms with Crippen molar-refractivity contribution in [1.82, 2.24) is 0 Å². The monoisotopic (exact) mass is 207 g/mol. The zero-order valence-corrected chi connectivity index (χ0v) is 9.10. The van der Waals surface area contributed by atoms with E-state index in [0.29, 0.717) is 0 Å². The van der Waals surface area contributed by atoms with Crippen molar-refractivity contribution in [3.05, 3.63) is 50.1 Å². The average Bonchev–Trinajstić information content (AvgIpc) is 2.27. The number of rotatable bonds is 7. The fourth-order valence-electron chi connectivity index (χ4n) is 1.42. The van der Waals surface area contributed by atoms with Gasteiger partial charge in [0.2, 0.25) is 0 Å². The Bertz CT molecular complexity index is 244. The normalized spacial score (nSPS) is 18.3. The van der Waals surface area contributed by atoms with E-state index in [0.717, 1.165) is 5.57 Å². The van der Waals surface area contributed by atoms with Gasteiger partial charge in [-0.1, -0.05) is 30.4 Å². The van der Waals surface area contributed by atoms with Crippen LogP contribution in [0, 0.1) is 5.92 Å². The maximum Gasteiger partial charge on any atom is 0.0439 e. The van der Waals surface area contributed by atoms with Crippen molar-refractivity contribution in [2.75, 3.05) is 0 Å². The third kappa shape index (κ3) is 3.47. The van der Waals surface area contributed by atoms with Crippen LogP contribution in [0.4, 0.5) is 0 Å². The van der Waals surface area contributed by atoms with E-state index in [9.17, 15) is 0 Å². The lowest BCUT2D eigenvalue weighted by Gasteiger charge is -2.29. The van der Waals surface area contributed by atoms with Crippen LogP contribution in [-0.4, -0.2) is 18.1 Å². The first kappa shape index (κ1) is 13.8. The highest BCUT2D eigenvalue weighted by Crippen LogP contribution is 2.20. The average molecular weight is 207 g/mol. The van der Waals surface area contributed by atoms with Crippen LogP contribution in [-0.2, 0) is 0 Å². The van der Waals surface area contributed by atoms with Gasteiger partial charge in [0.15, 0.2) is 0 Å². The van der Waals surface area contributed by atoms with Gasteiger partial charge in [0, 0.05) is 24.0 Å². The molecule has 0 aromatic heterocycles. The highest BCUT2D eigenvalue weighted by atomic mass is 14.7. The molecule has 0 saturated carbocycles. The summed E-state index contributed by atoms with van der Waals surface area (Å²) >= 11 is 0. The molecule has 84 valence electrons. The fraction of sp³-hybridized carbons (Fsp3) is 0.333. The second-order valence-electron chi connectivity index (χ2n) is 3.49. The molecule has 0 amide bonds. The van der Waals surface area contributed by atoms with Crippen LogP contribution in [0.5, 0.6) is 0 Å². The molecule has 0 aromatic carbocycles. The van der Waals surface area contributed by atoms with Gasteiger partial charge in [-0.2, -0.15) is 0 Å². The summed E-state index contributed by atoms with van der Waals surface area (Å²) in [6.45, 7) is 14.8. The van der Waals surface area contributed by atoms with E-state index in [1.807, 2.05) is 0 Å². The number of hydrogen-bond acceptors (Lipinski definition) is 3. The van der Waals surface area contributed by atoms with Gasteiger partial charge in [-0.3, -0.25) is 0 Å². The van der Waals surface area contributed by atoms with Crippen LogP contribution in [0.25, 0.3) is 0 Å². The molecule has 0 aliphatic heterocycles.